The third-order valence-electron chi connectivity index (χ3n) is 9.63. The van der Waals surface area contributed by atoms with Crippen molar-refractivity contribution in [2.75, 3.05) is 13.1 Å². The van der Waals surface area contributed by atoms with Gasteiger partial charge in [0.25, 0.3) is 5.89 Å². The summed E-state index contributed by atoms with van der Waals surface area (Å²) in [6.45, 7) is 0.494. The summed E-state index contributed by atoms with van der Waals surface area (Å²) in [5, 5.41) is 5.74. The van der Waals surface area contributed by atoms with Crippen molar-refractivity contribution < 1.29 is 28.3 Å². The number of amides is 3. The second kappa shape index (κ2) is 18.5. The van der Waals surface area contributed by atoms with Crippen LogP contribution in [0.1, 0.15) is 59.0 Å². The fourth-order valence-corrected chi connectivity index (χ4v) is 6.89. The van der Waals surface area contributed by atoms with Crippen molar-refractivity contribution in [1.29, 1.82) is 0 Å². The van der Waals surface area contributed by atoms with Crippen LogP contribution >= 0.6 is 0 Å². The monoisotopic (exact) mass is 743 g/mol. The lowest BCUT2D eigenvalue weighted by molar-refractivity contribution is -0.140. The molecule has 1 fully saturated rings. The molecule has 1 aliphatic heterocycles. The van der Waals surface area contributed by atoms with Gasteiger partial charge in [0.1, 0.15) is 24.2 Å². The van der Waals surface area contributed by atoms with Gasteiger partial charge in [-0.05, 0) is 60.9 Å². The highest BCUT2D eigenvalue weighted by molar-refractivity contribution is 6.01. The van der Waals surface area contributed by atoms with E-state index < -0.39 is 47.7 Å². The SMILES string of the molecule is NC(N)=NCCC[C@H](NC(=O)[C@@H]1[C@@H](c2ccccc2)CCN1C(=O)[C@@H](CCc1ccccc1)NC(=O)OCc1ccccc1)C(=O)c1nc2ccccc2o1. The molecule has 2 heterocycles. The number of ether oxygens (including phenoxy) is 1. The van der Waals surface area contributed by atoms with Crippen molar-refractivity contribution in [3.05, 3.63) is 138 Å². The summed E-state index contributed by atoms with van der Waals surface area (Å²) < 4.78 is 11.3. The molecule has 0 spiro atoms. The minimum atomic E-state index is -1.07. The topological polar surface area (TPSA) is 195 Å². The number of carbonyl (C=O) groups excluding carboxylic acids is 4. The van der Waals surface area contributed by atoms with Crippen LogP contribution in [0.2, 0.25) is 0 Å². The lowest BCUT2D eigenvalue weighted by Crippen LogP contribution is -2.56. The number of oxazole rings is 1. The first-order chi connectivity index (χ1) is 26.8. The molecule has 0 radical (unpaired) electrons. The molecule has 4 atom stereocenters. The molecule has 13 nitrogen and oxygen atoms in total. The van der Waals surface area contributed by atoms with Gasteiger partial charge in [-0.2, -0.15) is 0 Å². The maximum atomic E-state index is 14.6. The Morgan fingerprint density at radius 3 is 2.16 bits per heavy atom. The van der Waals surface area contributed by atoms with E-state index in [0.717, 1.165) is 16.7 Å². The van der Waals surface area contributed by atoms with E-state index in [1.54, 1.807) is 24.3 Å². The molecule has 5 aromatic rings. The first kappa shape index (κ1) is 38.2. The molecule has 0 bridgehead atoms. The fraction of sp³-hybridized carbons (Fsp3) is 0.286. The van der Waals surface area contributed by atoms with E-state index in [0.29, 0.717) is 30.4 Å². The van der Waals surface area contributed by atoms with Crippen LogP contribution in [0.3, 0.4) is 0 Å². The van der Waals surface area contributed by atoms with Crippen LogP contribution in [0.25, 0.3) is 11.1 Å². The Balaban J connectivity index is 1.27. The summed E-state index contributed by atoms with van der Waals surface area (Å²) in [5.41, 5.74) is 14.6. The van der Waals surface area contributed by atoms with Crippen LogP contribution in [0, 0.1) is 0 Å². The number of aromatic nitrogens is 1. The molecular weight excluding hydrogens is 699 g/mol. The molecule has 1 saturated heterocycles. The number of ketones is 1. The molecule has 0 unspecified atom stereocenters. The zero-order chi connectivity index (χ0) is 38.6. The number of likely N-dealkylation sites (tertiary alicyclic amines) is 1. The van der Waals surface area contributed by atoms with Crippen molar-refractivity contribution >= 4 is 40.8 Å². The summed E-state index contributed by atoms with van der Waals surface area (Å²) in [6.07, 6.45) is 1.01. The van der Waals surface area contributed by atoms with Gasteiger partial charge in [0.2, 0.25) is 17.6 Å². The number of hydrogen-bond acceptors (Lipinski definition) is 8. The Morgan fingerprint density at radius 2 is 1.47 bits per heavy atom. The van der Waals surface area contributed by atoms with E-state index in [9.17, 15) is 19.2 Å². The van der Waals surface area contributed by atoms with E-state index in [2.05, 4.69) is 20.6 Å². The third kappa shape index (κ3) is 10.1. The number of carbonyl (C=O) groups is 4. The number of para-hydroxylation sites is 2. The molecular formula is C42H45N7O6. The summed E-state index contributed by atoms with van der Waals surface area (Å²) in [6, 6.07) is 32.3. The van der Waals surface area contributed by atoms with Crippen LogP contribution in [-0.2, 0) is 27.4 Å². The summed E-state index contributed by atoms with van der Waals surface area (Å²) in [7, 11) is 0. The molecule has 3 amide bonds. The largest absolute Gasteiger partial charge is 0.445 e. The summed E-state index contributed by atoms with van der Waals surface area (Å²) in [4.78, 5) is 66.3. The highest BCUT2D eigenvalue weighted by Gasteiger charge is 2.45. The molecule has 13 heteroatoms. The predicted molar refractivity (Wildman–Crippen MR) is 208 cm³/mol. The van der Waals surface area contributed by atoms with Crippen LogP contribution in [-0.4, -0.2) is 70.7 Å². The van der Waals surface area contributed by atoms with E-state index in [1.807, 2.05) is 91.0 Å². The standard InChI is InChI=1S/C42H45N7O6/c43-41(44)45-25-12-20-33(37(50)39-47-32-19-10-11-21-35(32)55-39)46-38(51)36-31(30-17-8-3-9-18-30)24-26-49(36)40(52)34(23-22-28-13-4-1-5-14-28)48-42(53)54-27-29-15-6-2-7-16-29/h1-11,13-19,21,31,33-34,36H,12,20,22-27H2,(H,46,51)(H,48,53)(H4,43,44,45)/t31-,33+,34-,36+/m1/s1. The number of aryl methyl sites for hydroxylation is 1. The number of fused-ring (bicyclic) bond motifs is 1. The lowest BCUT2D eigenvalue weighted by Gasteiger charge is -2.32. The van der Waals surface area contributed by atoms with Crippen LogP contribution < -0.4 is 22.1 Å². The minimum absolute atomic E-state index is 0.0236. The number of rotatable bonds is 16. The molecule has 6 rings (SSSR count). The first-order valence-corrected chi connectivity index (χ1v) is 18.4. The molecule has 0 aliphatic carbocycles. The normalized spacial score (nSPS) is 16.2. The Morgan fingerprint density at radius 1 is 0.818 bits per heavy atom. The van der Waals surface area contributed by atoms with Gasteiger partial charge in [0.15, 0.2) is 11.5 Å². The van der Waals surface area contributed by atoms with E-state index >= 15 is 0 Å². The van der Waals surface area contributed by atoms with Gasteiger partial charge in [-0.1, -0.05) is 103 Å². The number of aliphatic imine (C=N–C) groups is 1. The van der Waals surface area contributed by atoms with E-state index in [4.69, 9.17) is 20.6 Å². The number of Topliss-reactive ketones (excluding diaryl/α,β-unsaturated/α-hetero) is 1. The Labute approximate surface area is 319 Å². The van der Waals surface area contributed by atoms with Gasteiger partial charge in [-0.3, -0.25) is 19.4 Å². The van der Waals surface area contributed by atoms with Crippen molar-refractivity contribution in [3.8, 4) is 0 Å². The Bertz CT molecular complexity index is 2050. The van der Waals surface area contributed by atoms with Gasteiger partial charge in [-0.25, -0.2) is 9.78 Å². The summed E-state index contributed by atoms with van der Waals surface area (Å²) in [5.74, 6) is -2.11. The zero-order valence-corrected chi connectivity index (χ0v) is 30.4. The molecule has 284 valence electrons. The zero-order valence-electron chi connectivity index (χ0n) is 30.4. The number of benzene rings is 4. The molecule has 6 N–H and O–H groups in total. The number of nitrogens with zero attached hydrogens (tertiary/aromatic N) is 3. The highest BCUT2D eigenvalue weighted by atomic mass is 16.5. The van der Waals surface area contributed by atoms with Crippen LogP contribution in [0.15, 0.2) is 125 Å². The number of alkyl carbamates (subject to hydrolysis) is 1. The van der Waals surface area contributed by atoms with Gasteiger partial charge in [0, 0.05) is 19.0 Å². The van der Waals surface area contributed by atoms with Crippen molar-refractivity contribution in [2.24, 2.45) is 16.5 Å². The van der Waals surface area contributed by atoms with Crippen LogP contribution in [0.5, 0.6) is 0 Å². The Kier molecular flexibility index (Phi) is 12.9. The maximum absolute atomic E-state index is 14.6. The molecule has 1 aromatic heterocycles. The van der Waals surface area contributed by atoms with Gasteiger partial charge in [0.05, 0.1) is 6.04 Å². The van der Waals surface area contributed by atoms with Crippen LogP contribution in [0.4, 0.5) is 4.79 Å². The second-order valence-corrected chi connectivity index (χ2v) is 13.4. The second-order valence-electron chi connectivity index (χ2n) is 13.4. The van der Waals surface area contributed by atoms with Gasteiger partial charge in [-0.15, -0.1) is 0 Å². The highest BCUT2D eigenvalue weighted by Crippen LogP contribution is 2.35. The minimum Gasteiger partial charge on any atom is -0.445 e. The van der Waals surface area contributed by atoms with Crippen molar-refractivity contribution in [3.63, 3.8) is 0 Å². The molecule has 1 aliphatic rings. The van der Waals surface area contributed by atoms with Gasteiger partial charge >= 0.3 is 6.09 Å². The number of guanidine groups is 1. The molecule has 4 aromatic carbocycles. The fourth-order valence-electron chi connectivity index (χ4n) is 6.89. The quantitative estimate of drug-likeness (QED) is 0.0472. The van der Waals surface area contributed by atoms with Crippen molar-refractivity contribution in [1.82, 2.24) is 20.5 Å². The molecule has 0 saturated carbocycles. The first-order valence-electron chi connectivity index (χ1n) is 18.4. The Hall–Kier alpha value is -6.50. The summed E-state index contributed by atoms with van der Waals surface area (Å²) >= 11 is 0. The number of nitrogens with one attached hydrogen (secondary N) is 2. The maximum Gasteiger partial charge on any atom is 0.408 e. The number of nitrogens with two attached hydrogens (primary N) is 2. The van der Waals surface area contributed by atoms with Gasteiger partial charge < -0.3 is 36.2 Å². The average molecular weight is 744 g/mol. The molecule has 55 heavy (non-hydrogen) atoms. The predicted octanol–water partition coefficient (Wildman–Crippen LogP) is 4.86. The smallest absolute Gasteiger partial charge is 0.408 e. The third-order valence-corrected chi connectivity index (χ3v) is 9.63. The van der Waals surface area contributed by atoms with E-state index in [1.165, 1.54) is 4.90 Å². The lowest BCUT2D eigenvalue weighted by atomic mass is 9.90. The van der Waals surface area contributed by atoms with E-state index in [-0.39, 0.29) is 44.4 Å². The average Bonchev–Trinajstić information content (AvgIpc) is 3.86. The van der Waals surface area contributed by atoms with Crippen molar-refractivity contribution in [2.45, 2.75) is 62.8 Å². The number of hydrogen-bond donors (Lipinski definition) is 4.